The van der Waals surface area contributed by atoms with Gasteiger partial charge >= 0.3 is 6.09 Å². The molecule has 1 rings (SSSR count). The summed E-state index contributed by atoms with van der Waals surface area (Å²) >= 11 is 5.84. The van der Waals surface area contributed by atoms with Gasteiger partial charge in [0.05, 0.1) is 6.04 Å². The van der Waals surface area contributed by atoms with Crippen molar-refractivity contribution in [2.24, 2.45) is 5.73 Å². The van der Waals surface area contributed by atoms with Crippen molar-refractivity contribution < 1.29 is 18.3 Å². The van der Waals surface area contributed by atoms with Crippen molar-refractivity contribution in [3.8, 4) is 0 Å². The van der Waals surface area contributed by atoms with Gasteiger partial charge in [-0.05, 0) is 38.5 Å². The molecule has 0 spiro atoms. The lowest BCUT2D eigenvalue weighted by Crippen LogP contribution is -2.38. The molecular weight excluding hydrogens is 290 g/mol. The van der Waals surface area contributed by atoms with Gasteiger partial charge in [0.2, 0.25) is 0 Å². The highest BCUT2D eigenvalue weighted by Crippen LogP contribution is 2.25. The Morgan fingerprint density at radius 1 is 1.40 bits per heavy atom. The molecule has 4 nitrogen and oxygen atoms in total. The lowest BCUT2D eigenvalue weighted by atomic mass is 10.1. The van der Waals surface area contributed by atoms with Gasteiger partial charge in [-0.25, -0.2) is 13.6 Å². The minimum atomic E-state index is -1.06. The molecule has 1 unspecified atom stereocenters. The van der Waals surface area contributed by atoms with Crippen LogP contribution in [0.15, 0.2) is 12.1 Å². The average molecular weight is 307 g/mol. The van der Waals surface area contributed by atoms with Gasteiger partial charge in [-0.2, -0.15) is 0 Å². The van der Waals surface area contributed by atoms with E-state index >= 15 is 0 Å². The van der Waals surface area contributed by atoms with E-state index in [1.54, 1.807) is 20.8 Å². The number of amides is 1. The van der Waals surface area contributed by atoms with Gasteiger partial charge in [-0.15, -0.1) is 0 Å². The van der Waals surface area contributed by atoms with Gasteiger partial charge in [-0.1, -0.05) is 11.6 Å². The summed E-state index contributed by atoms with van der Waals surface area (Å²) in [6, 6.07) is 0.977. The first-order valence-electron chi connectivity index (χ1n) is 5.98. The van der Waals surface area contributed by atoms with Crippen LogP contribution in [0, 0.1) is 11.6 Å². The van der Waals surface area contributed by atoms with Crippen LogP contribution in [0.2, 0.25) is 5.02 Å². The summed E-state index contributed by atoms with van der Waals surface area (Å²) in [5, 5.41) is 2.45. The largest absolute Gasteiger partial charge is 0.444 e. The zero-order valence-electron chi connectivity index (χ0n) is 11.5. The number of ether oxygens (including phenoxy) is 1. The van der Waals surface area contributed by atoms with Crippen LogP contribution in [-0.4, -0.2) is 18.2 Å². The van der Waals surface area contributed by atoms with Crippen molar-refractivity contribution in [3.63, 3.8) is 0 Å². The molecule has 20 heavy (non-hydrogen) atoms. The molecule has 1 atom stereocenters. The van der Waals surface area contributed by atoms with E-state index in [0.717, 1.165) is 12.1 Å². The van der Waals surface area contributed by atoms with Crippen LogP contribution in [0.3, 0.4) is 0 Å². The summed E-state index contributed by atoms with van der Waals surface area (Å²) in [4.78, 5) is 11.7. The van der Waals surface area contributed by atoms with E-state index in [0.29, 0.717) is 0 Å². The zero-order chi connectivity index (χ0) is 15.5. The SMILES string of the molecule is CC(C)(C)OC(=O)NC(CN)c1cc(F)c(F)cc1Cl. The predicted molar refractivity (Wildman–Crippen MR) is 72.5 cm³/mol. The first-order chi connectivity index (χ1) is 9.14. The Labute approximate surface area is 121 Å². The second-order valence-electron chi connectivity index (χ2n) is 5.22. The number of halogens is 3. The van der Waals surface area contributed by atoms with Crippen LogP contribution in [-0.2, 0) is 4.74 Å². The van der Waals surface area contributed by atoms with E-state index in [-0.39, 0.29) is 17.1 Å². The van der Waals surface area contributed by atoms with Gasteiger partial charge in [-0.3, -0.25) is 0 Å². The van der Waals surface area contributed by atoms with E-state index in [4.69, 9.17) is 22.1 Å². The maximum atomic E-state index is 13.2. The fourth-order valence-corrected chi connectivity index (χ4v) is 1.80. The lowest BCUT2D eigenvalue weighted by molar-refractivity contribution is 0.0505. The number of benzene rings is 1. The molecule has 0 saturated heterocycles. The second-order valence-corrected chi connectivity index (χ2v) is 5.63. The Morgan fingerprint density at radius 2 is 1.95 bits per heavy atom. The number of rotatable bonds is 3. The molecule has 0 fully saturated rings. The molecule has 0 bridgehead atoms. The van der Waals surface area contributed by atoms with Crippen LogP contribution in [0.1, 0.15) is 32.4 Å². The smallest absolute Gasteiger partial charge is 0.408 e. The Bertz CT molecular complexity index is 504. The second kappa shape index (κ2) is 6.37. The summed E-state index contributed by atoms with van der Waals surface area (Å²) in [6.45, 7) is 5.07. The lowest BCUT2D eigenvalue weighted by Gasteiger charge is -2.23. The maximum absolute atomic E-state index is 13.2. The third kappa shape index (κ3) is 4.61. The fraction of sp³-hybridized carbons (Fsp3) is 0.462. The Balaban J connectivity index is 2.92. The van der Waals surface area contributed by atoms with E-state index in [1.807, 2.05) is 0 Å². The standard InChI is InChI=1S/C13H17ClF2N2O2/c1-13(2,3)20-12(19)18-11(6-17)7-4-9(15)10(16)5-8(7)14/h4-5,11H,6,17H2,1-3H3,(H,18,19). The summed E-state index contributed by atoms with van der Waals surface area (Å²) in [5.41, 5.74) is 5.04. The first kappa shape index (κ1) is 16.7. The van der Waals surface area contributed by atoms with Gasteiger partial charge in [0, 0.05) is 11.6 Å². The molecule has 112 valence electrons. The molecule has 3 N–H and O–H groups in total. The van der Waals surface area contributed by atoms with Crippen LogP contribution >= 0.6 is 11.6 Å². The van der Waals surface area contributed by atoms with Crippen molar-refractivity contribution in [2.75, 3.05) is 6.54 Å². The zero-order valence-corrected chi connectivity index (χ0v) is 12.2. The summed E-state index contributed by atoms with van der Waals surface area (Å²) < 4.78 is 31.3. The van der Waals surface area contributed by atoms with Crippen molar-refractivity contribution in [1.29, 1.82) is 0 Å². The normalized spacial score (nSPS) is 12.9. The summed E-state index contributed by atoms with van der Waals surface area (Å²) in [5.74, 6) is -2.12. The van der Waals surface area contributed by atoms with Gasteiger partial charge in [0.25, 0.3) is 0 Å². The van der Waals surface area contributed by atoms with Crippen molar-refractivity contribution in [3.05, 3.63) is 34.4 Å². The number of hydrogen-bond donors (Lipinski definition) is 2. The molecule has 0 aromatic heterocycles. The number of carbonyl (C=O) groups excluding carboxylic acids is 1. The van der Waals surface area contributed by atoms with Gasteiger partial charge in [0.1, 0.15) is 5.60 Å². The molecule has 1 aromatic carbocycles. The molecule has 0 aliphatic carbocycles. The number of nitrogens with one attached hydrogen (secondary N) is 1. The minimum Gasteiger partial charge on any atom is -0.444 e. The van der Waals surface area contributed by atoms with E-state index in [1.165, 1.54) is 0 Å². The summed E-state index contributed by atoms with van der Waals surface area (Å²) in [6.07, 6.45) is -0.714. The minimum absolute atomic E-state index is 0.0181. The molecule has 0 heterocycles. The van der Waals surface area contributed by atoms with E-state index < -0.39 is 29.4 Å². The topological polar surface area (TPSA) is 64.3 Å². The summed E-state index contributed by atoms with van der Waals surface area (Å²) in [7, 11) is 0. The monoisotopic (exact) mass is 306 g/mol. The van der Waals surface area contributed by atoms with Crippen molar-refractivity contribution >= 4 is 17.7 Å². The fourth-order valence-electron chi connectivity index (χ4n) is 1.52. The van der Waals surface area contributed by atoms with Crippen molar-refractivity contribution in [2.45, 2.75) is 32.4 Å². The van der Waals surface area contributed by atoms with E-state index in [2.05, 4.69) is 5.32 Å². The Hall–Kier alpha value is -1.40. The third-order valence-corrected chi connectivity index (χ3v) is 2.67. The number of nitrogens with two attached hydrogens (primary N) is 1. The molecule has 0 aliphatic rings. The van der Waals surface area contributed by atoms with E-state index in [9.17, 15) is 13.6 Å². The van der Waals surface area contributed by atoms with Crippen molar-refractivity contribution in [1.82, 2.24) is 5.32 Å². The molecular formula is C13H17ClF2N2O2. The predicted octanol–water partition coefficient (Wildman–Crippen LogP) is 3.14. The quantitative estimate of drug-likeness (QED) is 0.843. The van der Waals surface area contributed by atoms with Crippen LogP contribution in [0.4, 0.5) is 13.6 Å². The number of hydrogen-bond acceptors (Lipinski definition) is 3. The molecule has 0 saturated carbocycles. The number of carbonyl (C=O) groups is 1. The highest BCUT2D eigenvalue weighted by Gasteiger charge is 2.22. The van der Waals surface area contributed by atoms with Crippen LogP contribution in [0.5, 0.6) is 0 Å². The third-order valence-electron chi connectivity index (χ3n) is 2.34. The molecule has 7 heteroatoms. The van der Waals surface area contributed by atoms with Gasteiger partial charge in [0.15, 0.2) is 11.6 Å². The molecule has 0 aliphatic heterocycles. The maximum Gasteiger partial charge on any atom is 0.408 e. The first-order valence-corrected chi connectivity index (χ1v) is 6.36. The highest BCUT2D eigenvalue weighted by molar-refractivity contribution is 6.31. The Kier molecular flexibility index (Phi) is 5.30. The molecule has 0 radical (unpaired) electrons. The average Bonchev–Trinajstić information content (AvgIpc) is 2.29. The van der Waals surface area contributed by atoms with Gasteiger partial charge < -0.3 is 15.8 Å². The van der Waals surface area contributed by atoms with Crippen LogP contribution in [0.25, 0.3) is 0 Å². The molecule has 1 aromatic rings. The molecule has 1 amide bonds. The number of alkyl carbamates (subject to hydrolysis) is 1. The highest BCUT2D eigenvalue weighted by atomic mass is 35.5. The van der Waals surface area contributed by atoms with Crippen LogP contribution < -0.4 is 11.1 Å². The Morgan fingerprint density at radius 3 is 2.45 bits per heavy atom.